The van der Waals surface area contributed by atoms with E-state index in [4.69, 9.17) is 23.9 Å². The Hall–Kier alpha value is -6.34. The van der Waals surface area contributed by atoms with Gasteiger partial charge in [0.1, 0.15) is 23.7 Å². The molecule has 0 unspecified atom stereocenters. The summed E-state index contributed by atoms with van der Waals surface area (Å²) < 4.78 is 20.7. The number of rotatable bonds is 19. The molecule has 0 radical (unpaired) electrons. The topological polar surface area (TPSA) is 235 Å². The number of methoxy groups -OCH3 is 2. The van der Waals surface area contributed by atoms with Gasteiger partial charge >= 0.3 is 12.2 Å². The fraction of sp³-hybridized carbons (Fsp3) is 0.458. The van der Waals surface area contributed by atoms with Crippen LogP contribution in [0, 0.1) is 11.8 Å². The third-order valence-electron chi connectivity index (χ3n) is 12.5. The SMILES string of the molecule is CNCC[C@H](NC(=O)[C@H](NC(=O)OC)C1CCOCC1)c1ncc(-c2ccc(-c3ccc4cc(-c5cnc([C@H](CCNC)NC(=O)[C@H](NC(=O)OC)C6CCOCC6)[nH]5)ccc4c3)cc2)[nH]1. The summed E-state index contributed by atoms with van der Waals surface area (Å²) in [6, 6.07) is 18.5. The van der Waals surface area contributed by atoms with E-state index >= 15 is 0 Å². The third kappa shape index (κ3) is 12.1. The number of carbonyl (C=O) groups excluding carboxylic acids is 4. The van der Waals surface area contributed by atoms with Crippen molar-refractivity contribution in [2.75, 3.05) is 67.8 Å². The number of imidazole rings is 2. The second kappa shape index (κ2) is 23.2. The van der Waals surface area contributed by atoms with E-state index in [0.717, 1.165) is 44.4 Å². The molecular formula is C48H62N10O8. The molecule has 18 heteroatoms. The lowest BCUT2D eigenvalue weighted by Crippen LogP contribution is -2.52. The molecule has 0 spiro atoms. The summed E-state index contributed by atoms with van der Waals surface area (Å²) in [5.74, 6) is 0.483. The fourth-order valence-electron chi connectivity index (χ4n) is 8.68. The van der Waals surface area contributed by atoms with Crippen LogP contribution in [0.5, 0.6) is 0 Å². The lowest BCUT2D eigenvalue weighted by Gasteiger charge is -2.30. The molecule has 2 fully saturated rings. The number of nitrogens with one attached hydrogen (secondary N) is 8. The van der Waals surface area contributed by atoms with E-state index in [1.807, 2.05) is 26.2 Å². The molecule has 2 aliphatic heterocycles. The number of fused-ring (bicyclic) bond motifs is 1. The van der Waals surface area contributed by atoms with Crippen LogP contribution < -0.4 is 31.9 Å². The van der Waals surface area contributed by atoms with Gasteiger partial charge in [0.15, 0.2) is 0 Å². The Kier molecular flexibility index (Phi) is 16.7. The normalized spacial score (nSPS) is 16.4. The molecule has 2 aliphatic rings. The maximum Gasteiger partial charge on any atom is 0.407 e. The van der Waals surface area contributed by atoms with Crippen LogP contribution in [0.15, 0.2) is 73.1 Å². The number of amides is 4. The van der Waals surface area contributed by atoms with Crippen molar-refractivity contribution in [2.24, 2.45) is 11.8 Å². The molecule has 66 heavy (non-hydrogen) atoms. The van der Waals surface area contributed by atoms with Gasteiger partial charge in [-0.3, -0.25) is 9.59 Å². The summed E-state index contributed by atoms with van der Waals surface area (Å²) in [6.45, 7) is 3.38. The van der Waals surface area contributed by atoms with Gasteiger partial charge in [-0.05, 0) is 117 Å². The summed E-state index contributed by atoms with van der Waals surface area (Å²) in [5, 5.41) is 20.2. The Balaban J connectivity index is 1.02. The van der Waals surface area contributed by atoms with E-state index in [1.54, 1.807) is 12.4 Å². The van der Waals surface area contributed by atoms with Gasteiger partial charge in [0, 0.05) is 32.0 Å². The van der Waals surface area contributed by atoms with Gasteiger partial charge in [0.25, 0.3) is 0 Å². The second-order valence-corrected chi connectivity index (χ2v) is 16.8. The second-order valence-electron chi connectivity index (χ2n) is 16.8. The highest BCUT2D eigenvalue weighted by atomic mass is 16.5. The minimum Gasteiger partial charge on any atom is -0.453 e. The maximum atomic E-state index is 13.7. The molecule has 4 atom stereocenters. The van der Waals surface area contributed by atoms with E-state index in [1.165, 1.54) is 14.2 Å². The predicted molar refractivity (Wildman–Crippen MR) is 249 cm³/mol. The Labute approximate surface area is 384 Å². The van der Waals surface area contributed by atoms with Gasteiger partial charge in [-0.15, -0.1) is 0 Å². The number of nitrogens with zero attached hydrogens (tertiary/aromatic N) is 2. The van der Waals surface area contributed by atoms with Crippen molar-refractivity contribution in [1.29, 1.82) is 0 Å². The molecule has 0 bridgehead atoms. The number of aromatic nitrogens is 4. The summed E-state index contributed by atoms with van der Waals surface area (Å²) in [5.41, 5.74) is 5.64. The van der Waals surface area contributed by atoms with Gasteiger partial charge in [0.2, 0.25) is 11.8 Å². The van der Waals surface area contributed by atoms with Gasteiger partial charge in [-0.2, -0.15) is 0 Å². The molecule has 3 aromatic carbocycles. The van der Waals surface area contributed by atoms with E-state index in [0.29, 0.717) is 89.7 Å². The molecule has 7 rings (SSSR count). The molecule has 0 aliphatic carbocycles. The standard InChI is InChI=1S/C48H62N10O8/c1-49-19-13-37(55-45(59)41(57-47(61)63-3)31-15-21-65-22-16-31)43-51-27-39(53-43)30-7-5-29(6-8-30)33-9-10-35-26-36(12-11-34(35)25-33)40-28-52-44(54-40)38(14-20-50-2)56-46(60)42(58-48(62)64-4)32-17-23-66-24-18-32/h5-12,25-28,31-32,37-38,41-42,49-50H,13-24H2,1-4H3,(H,51,53)(H,52,54)(H,55,59)(H,56,60)(H,57,61)(H,58,62)/t37-,38-,41+,42+/m0/s1. The van der Waals surface area contributed by atoms with Crippen LogP contribution in [0.2, 0.25) is 0 Å². The van der Waals surface area contributed by atoms with Crippen molar-refractivity contribution < 1.29 is 38.1 Å². The van der Waals surface area contributed by atoms with Gasteiger partial charge in [0.05, 0.1) is 50.1 Å². The summed E-state index contributed by atoms with van der Waals surface area (Å²) in [7, 11) is 6.28. The molecule has 0 saturated carbocycles. The number of aromatic amines is 2. The quantitative estimate of drug-likeness (QED) is 0.0540. The van der Waals surface area contributed by atoms with Crippen LogP contribution in [-0.4, -0.2) is 124 Å². The smallest absolute Gasteiger partial charge is 0.407 e. The van der Waals surface area contributed by atoms with Crippen LogP contribution >= 0.6 is 0 Å². The average Bonchev–Trinajstić information content (AvgIpc) is 4.07. The average molecular weight is 907 g/mol. The van der Waals surface area contributed by atoms with E-state index in [2.05, 4.69) is 95.4 Å². The third-order valence-corrected chi connectivity index (χ3v) is 12.5. The van der Waals surface area contributed by atoms with Crippen LogP contribution in [-0.2, 0) is 28.5 Å². The maximum absolute atomic E-state index is 13.7. The van der Waals surface area contributed by atoms with E-state index in [-0.39, 0.29) is 23.7 Å². The van der Waals surface area contributed by atoms with Gasteiger partial charge in [-0.25, -0.2) is 19.6 Å². The number of benzene rings is 3. The van der Waals surface area contributed by atoms with Crippen molar-refractivity contribution in [3.05, 3.63) is 84.7 Å². The first-order valence-electron chi connectivity index (χ1n) is 22.7. The first-order chi connectivity index (χ1) is 32.2. The molecule has 2 aromatic heterocycles. The Morgan fingerprint density at radius 1 is 0.591 bits per heavy atom. The van der Waals surface area contributed by atoms with Crippen LogP contribution in [0.25, 0.3) is 44.4 Å². The summed E-state index contributed by atoms with van der Waals surface area (Å²) in [4.78, 5) is 68.2. The fourth-order valence-corrected chi connectivity index (χ4v) is 8.68. The van der Waals surface area contributed by atoms with Crippen LogP contribution in [0.3, 0.4) is 0 Å². The van der Waals surface area contributed by atoms with Crippen molar-refractivity contribution in [1.82, 2.24) is 51.8 Å². The lowest BCUT2D eigenvalue weighted by molar-refractivity contribution is -0.127. The van der Waals surface area contributed by atoms with Gasteiger partial charge < -0.3 is 60.8 Å². The van der Waals surface area contributed by atoms with Crippen molar-refractivity contribution in [2.45, 2.75) is 62.7 Å². The largest absolute Gasteiger partial charge is 0.453 e. The minimum absolute atomic E-state index is 0.0814. The Morgan fingerprint density at radius 2 is 1.00 bits per heavy atom. The molecule has 5 aromatic rings. The molecule has 2 saturated heterocycles. The number of alkyl carbamates (subject to hydrolysis) is 2. The number of carbonyl (C=O) groups is 4. The zero-order valence-corrected chi connectivity index (χ0v) is 38.0. The highest BCUT2D eigenvalue weighted by Crippen LogP contribution is 2.31. The summed E-state index contributed by atoms with van der Waals surface area (Å²) >= 11 is 0. The van der Waals surface area contributed by atoms with Crippen molar-refractivity contribution in [3.63, 3.8) is 0 Å². The van der Waals surface area contributed by atoms with Crippen molar-refractivity contribution >= 4 is 34.8 Å². The van der Waals surface area contributed by atoms with Crippen LogP contribution in [0.4, 0.5) is 9.59 Å². The van der Waals surface area contributed by atoms with E-state index < -0.39 is 36.4 Å². The number of H-pyrrole nitrogens is 2. The number of hydrogen-bond acceptors (Lipinski definition) is 12. The number of hydrogen-bond donors (Lipinski definition) is 8. The molecule has 8 N–H and O–H groups in total. The first-order valence-corrected chi connectivity index (χ1v) is 22.7. The minimum atomic E-state index is -0.767. The van der Waals surface area contributed by atoms with Gasteiger partial charge in [-0.1, -0.05) is 48.5 Å². The zero-order valence-electron chi connectivity index (χ0n) is 38.0. The van der Waals surface area contributed by atoms with Crippen molar-refractivity contribution in [3.8, 4) is 33.6 Å². The molecule has 352 valence electrons. The summed E-state index contributed by atoms with van der Waals surface area (Å²) in [6.07, 6.45) is 6.01. The van der Waals surface area contributed by atoms with E-state index in [9.17, 15) is 19.2 Å². The highest BCUT2D eigenvalue weighted by molar-refractivity contribution is 5.91. The lowest BCUT2D eigenvalue weighted by atomic mass is 9.91. The Bertz CT molecular complexity index is 2390. The molecule has 18 nitrogen and oxygen atoms in total. The van der Waals surface area contributed by atoms with Crippen LogP contribution in [0.1, 0.15) is 62.3 Å². The molecule has 4 amide bonds. The first kappa shape index (κ1) is 47.6. The molecule has 4 heterocycles. The monoisotopic (exact) mass is 906 g/mol. The predicted octanol–water partition coefficient (Wildman–Crippen LogP) is 5.12. The Morgan fingerprint density at radius 3 is 1.45 bits per heavy atom. The molecular weight excluding hydrogens is 845 g/mol. The number of ether oxygens (including phenoxy) is 4. The zero-order chi connectivity index (χ0) is 46.4. The highest BCUT2D eigenvalue weighted by Gasteiger charge is 2.35.